The normalized spacial score (nSPS) is 9.74. The Morgan fingerprint density at radius 2 is 1.89 bits per heavy atom. The molecule has 2 aromatic carbocycles. The van der Waals surface area contributed by atoms with Crippen LogP contribution in [0.15, 0.2) is 46.9 Å². The summed E-state index contributed by atoms with van der Waals surface area (Å²) in [6.45, 7) is 0. The number of rotatable bonds is 2. The molecule has 0 spiro atoms. The van der Waals surface area contributed by atoms with Crippen LogP contribution in [0.5, 0.6) is 0 Å². The third-order valence-electron chi connectivity index (χ3n) is 2.44. The van der Waals surface area contributed by atoms with Gasteiger partial charge in [0.25, 0.3) is 5.91 Å². The molecular weight excluding hydrogens is 419 g/mol. The lowest BCUT2D eigenvalue weighted by Gasteiger charge is -2.07. The number of nitrogens with one attached hydrogen (secondary N) is 1. The molecule has 19 heavy (non-hydrogen) atoms. The van der Waals surface area contributed by atoms with Gasteiger partial charge in [-0.2, -0.15) is 5.26 Å². The van der Waals surface area contributed by atoms with Crippen molar-refractivity contribution in [3.05, 3.63) is 61.6 Å². The van der Waals surface area contributed by atoms with Crippen LogP contribution in [0.1, 0.15) is 15.9 Å². The number of amides is 1. The highest BCUT2D eigenvalue weighted by atomic mass is 127. The van der Waals surface area contributed by atoms with Crippen molar-refractivity contribution in [1.82, 2.24) is 0 Å². The number of carbonyl (C=O) groups is 1. The van der Waals surface area contributed by atoms with Crippen LogP contribution in [-0.4, -0.2) is 5.91 Å². The minimum atomic E-state index is -0.185. The average Bonchev–Trinajstić information content (AvgIpc) is 2.42. The summed E-state index contributed by atoms with van der Waals surface area (Å²) in [6.07, 6.45) is 0. The second-order valence-electron chi connectivity index (χ2n) is 3.77. The molecule has 2 rings (SSSR count). The van der Waals surface area contributed by atoms with Crippen molar-refractivity contribution >= 4 is 50.1 Å². The highest BCUT2D eigenvalue weighted by molar-refractivity contribution is 14.1. The van der Waals surface area contributed by atoms with Gasteiger partial charge in [0.15, 0.2) is 0 Å². The monoisotopic (exact) mass is 426 g/mol. The molecule has 5 heteroatoms. The molecule has 0 aliphatic rings. The van der Waals surface area contributed by atoms with E-state index < -0.39 is 0 Å². The highest BCUT2D eigenvalue weighted by Gasteiger charge is 2.10. The molecule has 1 amide bonds. The Kier molecular flexibility index (Phi) is 4.56. The summed E-state index contributed by atoms with van der Waals surface area (Å²) in [6, 6.07) is 14.4. The first-order valence-electron chi connectivity index (χ1n) is 5.37. The molecule has 0 heterocycles. The maximum absolute atomic E-state index is 12.1. The standard InChI is InChI=1S/C14H8BrIN2O/c15-13-6-3-10(16)7-12(13)14(19)18-11-4-1-9(8-17)2-5-11/h1-7H,(H,18,19). The molecule has 0 aliphatic carbocycles. The van der Waals surface area contributed by atoms with Gasteiger partial charge in [0.2, 0.25) is 0 Å². The third kappa shape index (κ3) is 3.55. The Morgan fingerprint density at radius 3 is 2.53 bits per heavy atom. The van der Waals surface area contributed by atoms with Gasteiger partial charge in [-0.3, -0.25) is 4.79 Å². The number of hydrogen-bond acceptors (Lipinski definition) is 2. The summed E-state index contributed by atoms with van der Waals surface area (Å²) >= 11 is 5.52. The van der Waals surface area contributed by atoms with Crippen LogP contribution in [0.4, 0.5) is 5.69 Å². The minimum Gasteiger partial charge on any atom is -0.322 e. The molecule has 94 valence electrons. The summed E-state index contributed by atoms with van der Waals surface area (Å²) in [7, 11) is 0. The molecular formula is C14H8BrIN2O. The molecule has 1 N–H and O–H groups in total. The van der Waals surface area contributed by atoms with Crippen molar-refractivity contribution in [2.75, 3.05) is 5.32 Å². The van der Waals surface area contributed by atoms with Crippen LogP contribution in [0.25, 0.3) is 0 Å². The molecule has 0 aliphatic heterocycles. The Balaban J connectivity index is 2.21. The largest absolute Gasteiger partial charge is 0.322 e. The van der Waals surface area contributed by atoms with Gasteiger partial charge in [0.05, 0.1) is 17.2 Å². The van der Waals surface area contributed by atoms with Crippen LogP contribution < -0.4 is 5.32 Å². The molecule has 0 radical (unpaired) electrons. The van der Waals surface area contributed by atoms with E-state index in [1.54, 1.807) is 24.3 Å². The second kappa shape index (κ2) is 6.17. The molecule has 3 nitrogen and oxygen atoms in total. The van der Waals surface area contributed by atoms with Gasteiger partial charge in [-0.15, -0.1) is 0 Å². The van der Waals surface area contributed by atoms with Gasteiger partial charge in [-0.1, -0.05) is 0 Å². The zero-order valence-corrected chi connectivity index (χ0v) is 13.4. The van der Waals surface area contributed by atoms with Crippen LogP contribution >= 0.6 is 38.5 Å². The van der Waals surface area contributed by atoms with Gasteiger partial charge in [-0.05, 0) is 81.0 Å². The lowest BCUT2D eigenvalue weighted by Crippen LogP contribution is -2.12. The zero-order valence-electron chi connectivity index (χ0n) is 9.65. The van der Waals surface area contributed by atoms with Crippen molar-refractivity contribution < 1.29 is 4.79 Å². The first kappa shape index (κ1) is 14.0. The van der Waals surface area contributed by atoms with E-state index >= 15 is 0 Å². The maximum atomic E-state index is 12.1. The van der Waals surface area contributed by atoms with Crippen LogP contribution in [0.3, 0.4) is 0 Å². The molecule has 0 unspecified atom stereocenters. The Morgan fingerprint density at radius 1 is 1.21 bits per heavy atom. The van der Waals surface area contributed by atoms with E-state index in [0.29, 0.717) is 16.8 Å². The fourth-order valence-electron chi connectivity index (χ4n) is 1.50. The zero-order chi connectivity index (χ0) is 13.8. The lowest BCUT2D eigenvalue weighted by atomic mass is 10.2. The topological polar surface area (TPSA) is 52.9 Å². The second-order valence-corrected chi connectivity index (χ2v) is 5.87. The minimum absolute atomic E-state index is 0.185. The molecule has 0 fully saturated rings. The summed E-state index contributed by atoms with van der Waals surface area (Å²) in [5.41, 5.74) is 1.81. The van der Waals surface area contributed by atoms with Crippen molar-refractivity contribution in [3.8, 4) is 6.07 Å². The SMILES string of the molecule is N#Cc1ccc(NC(=O)c2cc(I)ccc2Br)cc1. The van der Waals surface area contributed by atoms with Crippen molar-refractivity contribution in [2.24, 2.45) is 0 Å². The number of halogens is 2. The Labute approximate surface area is 132 Å². The molecule has 0 saturated carbocycles. The summed E-state index contributed by atoms with van der Waals surface area (Å²) in [4.78, 5) is 12.1. The van der Waals surface area contributed by atoms with Gasteiger partial charge < -0.3 is 5.32 Å². The number of hydrogen-bond donors (Lipinski definition) is 1. The van der Waals surface area contributed by atoms with E-state index in [9.17, 15) is 4.79 Å². The number of carbonyl (C=O) groups excluding carboxylic acids is 1. The Hall–Kier alpha value is -1.39. The van der Waals surface area contributed by atoms with E-state index in [-0.39, 0.29) is 5.91 Å². The average molecular weight is 427 g/mol. The predicted molar refractivity (Wildman–Crippen MR) is 86.0 cm³/mol. The van der Waals surface area contributed by atoms with E-state index in [1.807, 2.05) is 24.3 Å². The van der Waals surface area contributed by atoms with Gasteiger partial charge in [0.1, 0.15) is 0 Å². The van der Waals surface area contributed by atoms with Crippen LogP contribution in [0.2, 0.25) is 0 Å². The van der Waals surface area contributed by atoms with Crippen molar-refractivity contribution in [3.63, 3.8) is 0 Å². The molecule has 0 atom stereocenters. The Bertz CT molecular complexity index is 662. The maximum Gasteiger partial charge on any atom is 0.256 e. The number of nitrogens with zero attached hydrogens (tertiary/aromatic N) is 1. The molecule has 0 bridgehead atoms. The van der Waals surface area contributed by atoms with Crippen molar-refractivity contribution in [1.29, 1.82) is 5.26 Å². The van der Waals surface area contributed by atoms with Gasteiger partial charge >= 0.3 is 0 Å². The number of anilines is 1. The van der Waals surface area contributed by atoms with E-state index in [0.717, 1.165) is 8.04 Å². The van der Waals surface area contributed by atoms with Gasteiger partial charge in [0, 0.05) is 13.7 Å². The fraction of sp³-hybridized carbons (Fsp3) is 0. The van der Waals surface area contributed by atoms with Gasteiger partial charge in [-0.25, -0.2) is 0 Å². The van der Waals surface area contributed by atoms with E-state index in [2.05, 4.69) is 43.8 Å². The quantitative estimate of drug-likeness (QED) is 0.732. The first-order chi connectivity index (χ1) is 9.10. The smallest absolute Gasteiger partial charge is 0.256 e. The number of benzene rings is 2. The summed E-state index contributed by atoms with van der Waals surface area (Å²) in [5.74, 6) is -0.185. The molecule has 0 saturated heterocycles. The lowest BCUT2D eigenvalue weighted by molar-refractivity contribution is 0.102. The number of nitriles is 1. The van der Waals surface area contributed by atoms with Crippen molar-refractivity contribution in [2.45, 2.75) is 0 Å². The first-order valence-corrected chi connectivity index (χ1v) is 7.24. The summed E-state index contributed by atoms with van der Waals surface area (Å²) in [5, 5.41) is 11.5. The van der Waals surface area contributed by atoms with E-state index in [1.165, 1.54) is 0 Å². The van der Waals surface area contributed by atoms with Crippen LogP contribution in [-0.2, 0) is 0 Å². The van der Waals surface area contributed by atoms with E-state index in [4.69, 9.17) is 5.26 Å². The summed E-state index contributed by atoms with van der Waals surface area (Å²) < 4.78 is 1.74. The fourth-order valence-corrected chi connectivity index (χ4v) is 2.42. The predicted octanol–water partition coefficient (Wildman–Crippen LogP) is 4.18. The third-order valence-corrected chi connectivity index (χ3v) is 3.81. The van der Waals surface area contributed by atoms with Crippen LogP contribution in [0, 0.1) is 14.9 Å². The molecule has 0 aromatic heterocycles. The highest BCUT2D eigenvalue weighted by Crippen LogP contribution is 2.21. The molecule has 2 aromatic rings.